The Bertz CT molecular complexity index is 2280. The molecule has 0 unspecified atom stereocenters. The van der Waals surface area contributed by atoms with Gasteiger partial charge in [0.2, 0.25) is 11.8 Å². The summed E-state index contributed by atoms with van der Waals surface area (Å²) in [5, 5.41) is 0. The van der Waals surface area contributed by atoms with Crippen molar-refractivity contribution in [1.29, 1.82) is 0 Å². The number of carbonyl (C=O) groups is 4. The zero-order valence-corrected chi connectivity index (χ0v) is 39.0. The number of ketones is 1. The molecule has 9 atom stereocenters. The third-order valence-corrected chi connectivity index (χ3v) is 19.3. The summed E-state index contributed by atoms with van der Waals surface area (Å²) in [6, 6.07) is 1.79. The van der Waals surface area contributed by atoms with Crippen LogP contribution in [0.4, 0.5) is 8.63 Å². The Kier molecular flexibility index (Phi) is 9.87. The number of aromatic nitrogens is 1. The van der Waals surface area contributed by atoms with E-state index >= 15 is 8.63 Å². The van der Waals surface area contributed by atoms with Crippen LogP contribution in [-0.2, 0) is 23.9 Å². The summed E-state index contributed by atoms with van der Waals surface area (Å²) in [5.41, 5.74) is 2.62. The van der Waals surface area contributed by atoms with Gasteiger partial charge >= 0.3 is 12.9 Å². The van der Waals surface area contributed by atoms with Gasteiger partial charge in [0.1, 0.15) is 11.8 Å². The van der Waals surface area contributed by atoms with Crippen LogP contribution in [0.1, 0.15) is 143 Å². The second-order valence-electron chi connectivity index (χ2n) is 23.0. The van der Waals surface area contributed by atoms with Gasteiger partial charge in [0.05, 0.1) is 0 Å². The van der Waals surface area contributed by atoms with Crippen LogP contribution in [0.3, 0.4) is 0 Å². The molecule has 0 aromatic carbocycles. The number of piperazine rings is 1. The molecule has 1 aromatic rings. The van der Waals surface area contributed by atoms with E-state index in [4.69, 9.17) is 4.74 Å². The van der Waals surface area contributed by atoms with Gasteiger partial charge in [-0.05, 0) is 129 Å². The van der Waals surface area contributed by atoms with Crippen LogP contribution < -0.4 is 0 Å². The molecule has 5 fully saturated rings. The van der Waals surface area contributed by atoms with Crippen LogP contribution in [-0.4, -0.2) is 87.3 Å². The third kappa shape index (κ3) is 6.05. The Balaban J connectivity index is 0.882. The smallest absolute Gasteiger partial charge is 0.462 e. The molecule has 1 saturated heterocycles. The van der Waals surface area contributed by atoms with Gasteiger partial charge in [0.15, 0.2) is 11.5 Å². The van der Waals surface area contributed by atoms with E-state index in [-0.39, 0.29) is 87.3 Å². The average molecular weight is 855 g/mol. The lowest BCUT2D eigenvalue weighted by molar-refractivity contribution is -0.362. The zero-order chi connectivity index (χ0) is 44.7. The first-order chi connectivity index (χ1) is 28.9. The number of rotatable bonds is 5. The van der Waals surface area contributed by atoms with Crippen molar-refractivity contribution in [3.63, 3.8) is 0 Å². The number of amides is 2. The Morgan fingerprint density at radius 2 is 1.55 bits per heavy atom. The molecule has 62 heavy (non-hydrogen) atoms. The molecule has 4 heterocycles. The molecule has 0 N–H and O–H groups in total. The molecule has 8 aliphatic rings. The van der Waals surface area contributed by atoms with Crippen molar-refractivity contribution in [3.05, 3.63) is 52.5 Å². The lowest BCUT2D eigenvalue weighted by Gasteiger charge is -2.70. The maximum atomic E-state index is 16.0. The van der Waals surface area contributed by atoms with Crippen molar-refractivity contribution in [2.24, 2.45) is 50.2 Å². The van der Waals surface area contributed by atoms with E-state index in [2.05, 4.69) is 54.5 Å². The maximum absolute atomic E-state index is 16.0. The van der Waals surface area contributed by atoms with E-state index in [1.165, 1.54) is 12.5 Å². The Morgan fingerprint density at radius 3 is 2.24 bits per heavy atom. The number of nitrogens with zero attached hydrogens (tertiary/aromatic N) is 4. The molecule has 9 rings (SSSR count). The lowest BCUT2D eigenvalue weighted by atomic mass is 9.33. The first-order valence-corrected chi connectivity index (χ1v) is 23.7. The number of aryl methyl sites for hydroxylation is 2. The number of halogens is 2. The Hall–Kier alpha value is -3.83. The van der Waals surface area contributed by atoms with Crippen molar-refractivity contribution in [1.82, 2.24) is 14.3 Å². The number of fused-ring (bicyclic) bond motifs is 9. The van der Waals surface area contributed by atoms with Crippen LogP contribution in [0.15, 0.2) is 35.6 Å². The Labute approximate surface area is 367 Å². The van der Waals surface area contributed by atoms with Crippen LogP contribution in [0, 0.1) is 64.1 Å². The molecule has 0 radical (unpaired) electrons. The average Bonchev–Trinajstić information content (AvgIpc) is 3.76. The molecule has 0 spiro atoms. The van der Waals surface area contributed by atoms with Gasteiger partial charge in [-0.3, -0.25) is 19.2 Å². The van der Waals surface area contributed by atoms with Gasteiger partial charge in [-0.2, -0.15) is 0 Å². The van der Waals surface area contributed by atoms with E-state index in [0.717, 1.165) is 65.9 Å². The minimum absolute atomic E-state index is 0.00913. The number of carbonyl (C=O) groups excluding carboxylic acids is 4. The van der Waals surface area contributed by atoms with Crippen molar-refractivity contribution in [2.75, 3.05) is 26.2 Å². The number of hydrogen-bond acceptors (Lipinski definition) is 5. The van der Waals surface area contributed by atoms with E-state index < -0.39 is 12.4 Å². The van der Waals surface area contributed by atoms with E-state index in [1.54, 1.807) is 36.1 Å². The summed E-state index contributed by atoms with van der Waals surface area (Å²) in [7, 11) is 0. The quantitative estimate of drug-likeness (QED) is 0.218. The van der Waals surface area contributed by atoms with Gasteiger partial charge in [-0.15, -0.1) is 0 Å². The Morgan fingerprint density at radius 1 is 0.871 bits per heavy atom. The van der Waals surface area contributed by atoms with Gasteiger partial charge in [-0.25, -0.2) is 0 Å². The van der Waals surface area contributed by atoms with Gasteiger partial charge in [-0.1, -0.05) is 54.0 Å². The molecule has 1 aromatic heterocycles. The number of esters is 1. The topological polar surface area (TPSA) is 91.9 Å². The van der Waals surface area contributed by atoms with Crippen molar-refractivity contribution < 1.29 is 37.0 Å². The van der Waals surface area contributed by atoms with Crippen LogP contribution >= 0.6 is 0 Å². The van der Waals surface area contributed by atoms with Crippen molar-refractivity contribution in [3.8, 4) is 0 Å². The second kappa shape index (κ2) is 14.1. The van der Waals surface area contributed by atoms with E-state index in [0.29, 0.717) is 55.4 Å². The molecular weight excluding hydrogens is 785 g/mol. The summed E-state index contributed by atoms with van der Waals surface area (Å²) in [4.78, 5) is 59.1. The maximum Gasteiger partial charge on any atom is 0.737 e. The highest BCUT2D eigenvalue weighted by Gasteiger charge is 2.70. The fraction of sp³-hybridized carbons (Fsp3) is 0.700. The van der Waals surface area contributed by atoms with Crippen molar-refractivity contribution in [2.45, 2.75) is 146 Å². The summed E-state index contributed by atoms with van der Waals surface area (Å²) in [5.74, 6) is 0.341. The van der Waals surface area contributed by atoms with Crippen LogP contribution in [0.25, 0.3) is 6.08 Å². The summed E-state index contributed by atoms with van der Waals surface area (Å²) >= 11 is 0. The molecule has 336 valence electrons. The number of allylic oxidation sites excluding steroid dienone is 4. The largest absolute Gasteiger partial charge is 0.737 e. The summed E-state index contributed by atoms with van der Waals surface area (Å²) in [6.45, 7) is 18.9. The number of hydrogen-bond donors (Lipinski definition) is 0. The molecule has 9 nitrogen and oxygen atoms in total. The summed E-state index contributed by atoms with van der Waals surface area (Å²) < 4.78 is 40.2. The molecule has 0 bridgehead atoms. The highest BCUT2D eigenvalue weighted by Crippen LogP contribution is 2.75. The first-order valence-electron chi connectivity index (χ1n) is 23.7. The molecule has 3 aliphatic heterocycles. The van der Waals surface area contributed by atoms with E-state index in [9.17, 15) is 19.2 Å². The van der Waals surface area contributed by atoms with Gasteiger partial charge in [0.25, 0.3) is 0 Å². The molecule has 12 heteroatoms. The lowest BCUT2D eigenvalue weighted by Crippen LogP contribution is -2.67. The highest BCUT2D eigenvalue weighted by molar-refractivity contribution is 6.58. The summed E-state index contributed by atoms with van der Waals surface area (Å²) in [6.07, 6.45) is 15.6. The van der Waals surface area contributed by atoms with Crippen LogP contribution in [0.5, 0.6) is 0 Å². The standard InChI is InChI=1S/C50H69BF2N4O5/c1-31-27-32(2)56-38(31)28-35-12-11-34(57(35)51(56,52)53)13-14-42(60)54-23-25-55(26-24-54)44(61)47(7)20-19-46(6)21-22-49(9)36(37(46)30-47)29-39(59)43-48(8)17-16-41(62-33(3)58)45(4,5)40(48)15-18-50(43,49)10/h11-12,27-29,37,40-41,43H,13-26,30H2,1-10H3/t37-,40-,41-,43+,46+,47-,48-,49+,50+/m0/s1. The fourth-order valence-electron chi connectivity index (χ4n) is 15.6. The predicted molar refractivity (Wildman–Crippen MR) is 237 cm³/mol. The fourth-order valence-corrected chi connectivity index (χ4v) is 15.6. The van der Waals surface area contributed by atoms with Gasteiger partial charge < -0.3 is 32.1 Å². The first kappa shape index (κ1) is 43.4. The molecule has 4 saturated carbocycles. The van der Waals surface area contributed by atoms with Crippen LogP contribution in [0.2, 0.25) is 0 Å². The normalized spacial score (nSPS) is 39.1. The minimum Gasteiger partial charge on any atom is -0.462 e. The highest BCUT2D eigenvalue weighted by atomic mass is 19.2. The van der Waals surface area contributed by atoms with Crippen molar-refractivity contribution >= 4 is 42.3 Å². The zero-order valence-electron chi connectivity index (χ0n) is 39.0. The number of ether oxygens (including phenoxy) is 1. The SMILES string of the molecule is CC(=O)O[C@H]1CC[C@]2(C)[C@H]3C(=O)C=C4[C@@H]5C[C@@](C)(C(=O)N6CCN(C(=O)CCC7=[N+]8C(=Cc9c(C)cc(C)n9[B-]8(F)F)C=C7)CC6)CC[C@]5(C)CC[C@@]4(C)[C@]3(C)CC[C@H]2C1(C)C. The minimum atomic E-state index is -4.08. The third-order valence-electron chi connectivity index (χ3n) is 19.3. The molecular formula is C50H69BF2N4O5. The second-order valence-corrected chi connectivity index (χ2v) is 23.0. The van der Waals surface area contributed by atoms with E-state index in [1.807, 2.05) is 11.8 Å². The predicted octanol–water partition coefficient (Wildman–Crippen LogP) is 9.07. The molecule has 2 amide bonds. The van der Waals surface area contributed by atoms with Gasteiger partial charge in [0, 0.05) is 86.6 Å². The molecule has 5 aliphatic carbocycles. The monoisotopic (exact) mass is 855 g/mol.